The maximum Gasteiger partial charge on any atom is 0.220 e. The topological polar surface area (TPSA) is 78.4 Å². The molecule has 1 aromatic carbocycles. The summed E-state index contributed by atoms with van der Waals surface area (Å²) in [6.45, 7) is 2.55. The van der Waals surface area contributed by atoms with Crippen molar-refractivity contribution < 1.29 is 14.7 Å². The molecule has 2 amide bonds. The Morgan fingerprint density at radius 2 is 1.56 bits per heavy atom. The molecular weight excluding hydrogens is 340 g/mol. The predicted octanol–water partition coefficient (Wildman–Crippen LogP) is 2.66. The summed E-state index contributed by atoms with van der Waals surface area (Å²) in [5, 5.41) is 16.7. The highest BCUT2D eigenvalue weighted by atomic mass is 16.3. The zero-order chi connectivity index (χ0) is 19.1. The van der Waals surface area contributed by atoms with E-state index in [-0.39, 0.29) is 17.2 Å². The minimum Gasteiger partial charge on any atom is -0.390 e. The van der Waals surface area contributed by atoms with Crippen LogP contribution in [-0.4, -0.2) is 22.5 Å². The SMILES string of the molecule is CC(=O)NCc1ccc(CNC(=O)CC23CC4CC(CC(O)(C4)C2)C3)cc1. The van der Waals surface area contributed by atoms with Gasteiger partial charge in [0.1, 0.15) is 0 Å². The molecule has 4 bridgehead atoms. The fourth-order valence-corrected chi connectivity index (χ4v) is 6.21. The maximum absolute atomic E-state index is 12.6. The summed E-state index contributed by atoms with van der Waals surface area (Å²) >= 11 is 0. The van der Waals surface area contributed by atoms with Gasteiger partial charge in [0.05, 0.1) is 5.60 Å². The highest BCUT2D eigenvalue weighted by Gasteiger charge is 2.57. The quantitative estimate of drug-likeness (QED) is 0.720. The van der Waals surface area contributed by atoms with Crippen LogP contribution in [0.4, 0.5) is 0 Å². The zero-order valence-corrected chi connectivity index (χ0v) is 16.1. The monoisotopic (exact) mass is 370 g/mol. The van der Waals surface area contributed by atoms with Crippen LogP contribution in [0.15, 0.2) is 24.3 Å². The largest absolute Gasteiger partial charge is 0.390 e. The van der Waals surface area contributed by atoms with Crippen LogP contribution < -0.4 is 10.6 Å². The number of amides is 2. The summed E-state index contributed by atoms with van der Waals surface area (Å²) in [6, 6.07) is 7.94. The van der Waals surface area contributed by atoms with Crippen LogP contribution in [-0.2, 0) is 22.7 Å². The predicted molar refractivity (Wildman–Crippen MR) is 102 cm³/mol. The molecule has 2 unspecified atom stereocenters. The first kappa shape index (κ1) is 18.5. The third-order valence-electron chi connectivity index (χ3n) is 6.74. The molecule has 146 valence electrons. The maximum atomic E-state index is 12.6. The average Bonchev–Trinajstić information content (AvgIpc) is 2.56. The zero-order valence-electron chi connectivity index (χ0n) is 16.1. The Bertz CT molecular complexity index is 714. The van der Waals surface area contributed by atoms with Gasteiger partial charge in [-0.05, 0) is 66.9 Å². The van der Waals surface area contributed by atoms with Gasteiger partial charge in [0.15, 0.2) is 0 Å². The second-order valence-corrected chi connectivity index (χ2v) is 9.37. The summed E-state index contributed by atoms with van der Waals surface area (Å²) < 4.78 is 0. The van der Waals surface area contributed by atoms with Gasteiger partial charge in [0, 0.05) is 26.4 Å². The number of hydrogen-bond donors (Lipinski definition) is 3. The Morgan fingerprint density at radius 3 is 2.07 bits per heavy atom. The Labute approximate surface area is 160 Å². The van der Waals surface area contributed by atoms with Crippen molar-refractivity contribution in [1.29, 1.82) is 0 Å². The van der Waals surface area contributed by atoms with Gasteiger partial charge in [-0.15, -0.1) is 0 Å². The standard InChI is InChI=1S/C22H30N2O3/c1-15(25)23-12-16-2-4-17(5-3-16)13-24-20(26)11-21-7-18-6-19(8-21)10-22(27,9-18)14-21/h2-5,18-19,27H,6-14H2,1H3,(H,23,25)(H,24,26). The van der Waals surface area contributed by atoms with E-state index in [0.29, 0.717) is 31.3 Å². The number of rotatable bonds is 6. The molecule has 2 atom stereocenters. The molecule has 0 aromatic heterocycles. The number of hydrogen-bond acceptors (Lipinski definition) is 3. The third-order valence-corrected chi connectivity index (χ3v) is 6.74. The van der Waals surface area contributed by atoms with Gasteiger partial charge >= 0.3 is 0 Å². The fourth-order valence-electron chi connectivity index (χ4n) is 6.21. The lowest BCUT2D eigenvalue weighted by molar-refractivity contribution is -0.169. The molecule has 5 rings (SSSR count). The summed E-state index contributed by atoms with van der Waals surface area (Å²) in [7, 11) is 0. The molecule has 4 fully saturated rings. The Morgan fingerprint density at radius 1 is 1.00 bits per heavy atom. The number of nitrogens with one attached hydrogen (secondary N) is 2. The fraction of sp³-hybridized carbons (Fsp3) is 0.636. The first-order valence-electron chi connectivity index (χ1n) is 10.1. The molecule has 1 aromatic rings. The Balaban J connectivity index is 1.29. The van der Waals surface area contributed by atoms with Crippen molar-refractivity contribution in [2.24, 2.45) is 17.3 Å². The first-order valence-corrected chi connectivity index (χ1v) is 10.1. The summed E-state index contributed by atoms with van der Waals surface area (Å²) in [5.41, 5.74) is 1.61. The van der Waals surface area contributed by atoms with Crippen LogP contribution >= 0.6 is 0 Å². The Hall–Kier alpha value is -1.88. The van der Waals surface area contributed by atoms with Crippen molar-refractivity contribution in [1.82, 2.24) is 10.6 Å². The van der Waals surface area contributed by atoms with E-state index in [1.54, 1.807) is 0 Å². The van der Waals surface area contributed by atoms with E-state index >= 15 is 0 Å². The normalized spacial score (nSPS) is 33.7. The first-order chi connectivity index (χ1) is 12.8. The van der Waals surface area contributed by atoms with Crippen molar-refractivity contribution in [2.45, 2.75) is 70.6 Å². The Kier molecular flexibility index (Phi) is 4.75. The van der Waals surface area contributed by atoms with Crippen LogP contribution in [0.5, 0.6) is 0 Å². The van der Waals surface area contributed by atoms with Gasteiger partial charge in [0.25, 0.3) is 0 Å². The second-order valence-electron chi connectivity index (χ2n) is 9.37. The van der Waals surface area contributed by atoms with Gasteiger partial charge in [0.2, 0.25) is 11.8 Å². The van der Waals surface area contributed by atoms with Crippen LogP contribution in [0.3, 0.4) is 0 Å². The summed E-state index contributed by atoms with van der Waals surface area (Å²) in [5.74, 6) is 1.28. The van der Waals surface area contributed by atoms with Gasteiger partial charge in [-0.3, -0.25) is 9.59 Å². The molecule has 3 N–H and O–H groups in total. The minimum atomic E-state index is -0.506. The minimum absolute atomic E-state index is 0.0190. The molecule has 0 heterocycles. The number of carbonyl (C=O) groups excluding carboxylic acids is 2. The smallest absolute Gasteiger partial charge is 0.220 e. The van der Waals surface area contributed by atoms with Crippen molar-refractivity contribution >= 4 is 11.8 Å². The van der Waals surface area contributed by atoms with E-state index in [1.165, 1.54) is 13.3 Å². The molecule has 5 heteroatoms. The summed E-state index contributed by atoms with van der Waals surface area (Å²) in [4.78, 5) is 23.6. The van der Waals surface area contributed by atoms with Crippen LogP contribution in [0.2, 0.25) is 0 Å². The number of carbonyl (C=O) groups is 2. The molecule has 4 aliphatic carbocycles. The lowest BCUT2D eigenvalue weighted by Gasteiger charge is -2.60. The summed E-state index contributed by atoms with van der Waals surface area (Å²) in [6.07, 6.45) is 6.70. The molecule has 0 radical (unpaired) electrons. The average molecular weight is 370 g/mol. The van der Waals surface area contributed by atoms with Gasteiger partial charge in [-0.2, -0.15) is 0 Å². The van der Waals surface area contributed by atoms with Crippen LogP contribution in [0.1, 0.15) is 63.0 Å². The molecule has 5 nitrogen and oxygen atoms in total. The third kappa shape index (κ3) is 4.18. The molecule has 0 aliphatic heterocycles. The van der Waals surface area contributed by atoms with E-state index in [2.05, 4.69) is 10.6 Å². The highest BCUT2D eigenvalue weighted by molar-refractivity contribution is 5.76. The van der Waals surface area contributed by atoms with Crippen molar-refractivity contribution in [3.05, 3.63) is 35.4 Å². The van der Waals surface area contributed by atoms with Crippen LogP contribution in [0.25, 0.3) is 0 Å². The van der Waals surface area contributed by atoms with Crippen LogP contribution in [0, 0.1) is 17.3 Å². The van der Waals surface area contributed by atoms with Gasteiger partial charge in [-0.25, -0.2) is 0 Å². The van der Waals surface area contributed by atoms with Crippen molar-refractivity contribution in [3.8, 4) is 0 Å². The van der Waals surface area contributed by atoms with E-state index in [4.69, 9.17) is 0 Å². The van der Waals surface area contributed by atoms with Crippen molar-refractivity contribution in [2.75, 3.05) is 0 Å². The lowest BCUT2D eigenvalue weighted by atomic mass is 9.47. The van der Waals surface area contributed by atoms with E-state index in [9.17, 15) is 14.7 Å². The molecule has 0 spiro atoms. The van der Waals surface area contributed by atoms with E-state index in [1.807, 2.05) is 24.3 Å². The molecule has 0 saturated heterocycles. The number of benzene rings is 1. The molecular formula is C22H30N2O3. The van der Waals surface area contributed by atoms with E-state index < -0.39 is 5.60 Å². The van der Waals surface area contributed by atoms with Gasteiger partial charge < -0.3 is 15.7 Å². The van der Waals surface area contributed by atoms with Gasteiger partial charge in [-0.1, -0.05) is 24.3 Å². The molecule has 4 aliphatic rings. The lowest BCUT2D eigenvalue weighted by Crippen LogP contribution is -2.56. The molecule has 4 saturated carbocycles. The second kappa shape index (κ2) is 6.93. The van der Waals surface area contributed by atoms with E-state index in [0.717, 1.165) is 43.2 Å². The molecule has 27 heavy (non-hydrogen) atoms. The highest BCUT2D eigenvalue weighted by Crippen LogP contribution is 2.62. The number of aliphatic hydroxyl groups is 1. The van der Waals surface area contributed by atoms with Crippen molar-refractivity contribution in [3.63, 3.8) is 0 Å².